The van der Waals surface area contributed by atoms with Gasteiger partial charge in [-0.05, 0) is 61.9 Å². The number of nitrogens with zero attached hydrogens (tertiary/aromatic N) is 1. The van der Waals surface area contributed by atoms with Crippen molar-refractivity contribution in [2.75, 3.05) is 24.9 Å². The Hall–Kier alpha value is -2.45. The number of nitrogens with one attached hydrogen (secondary N) is 2. The van der Waals surface area contributed by atoms with Crippen molar-refractivity contribution in [1.82, 2.24) is 10.2 Å². The van der Waals surface area contributed by atoms with Gasteiger partial charge in [0.2, 0.25) is 0 Å². The third-order valence-corrected chi connectivity index (χ3v) is 6.25. The number of carbonyl (C=O) groups is 1. The number of rotatable bonds is 5. The van der Waals surface area contributed by atoms with E-state index in [1.165, 1.54) is 30.3 Å². The molecule has 1 aliphatic heterocycles. The number of likely N-dealkylation sites (N-methyl/N-ethyl adjacent to an activating group) is 1. The third kappa shape index (κ3) is 4.28. The SMILES string of the molecule is Cc1ccc(C(=O)N(C)C2CCNC2)cc1S(=O)(=O)Nc1ccc(F)cc1. The van der Waals surface area contributed by atoms with E-state index in [4.69, 9.17) is 0 Å². The number of hydrogen-bond acceptors (Lipinski definition) is 4. The number of hydrogen-bond donors (Lipinski definition) is 2. The highest BCUT2D eigenvalue weighted by atomic mass is 32.2. The first kappa shape index (κ1) is 19.3. The molecule has 6 nitrogen and oxygen atoms in total. The molecule has 8 heteroatoms. The van der Waals surface area contributed by atoms with Gasteiger partial charge in [0.05, 0.1) is 4.90 Å². The molecule has 2 aromatic rings. The van der Waals surface area contributed by atoms with Crippen LogP contribution in [0.5, 0.6) is 0 Å². The number of benzene rings is 2. The Morgan fingerprint density at radius 3 is 2.56 bits per heavy atom. The summed E-state index contributed by atoms with van der Waals surface area (Å²) in [6.07, 6.45) is 0.866. The smallest absolute Gasteiger partial charge is 0.262 e. The Labute approximate surface area is 158 Å². The van der Waals surface area contributed by atoms with Crippen LogP contribution in [0.2, 0.25) is 0 Å². The lowest BCUT2D eigenvalue weighted by Gasteiger charge is -2.24. The molecule has 1 amide bonds. The maximum absolute atomic E-state index is 13.0. The lowest BCUT2D eigenvalue weighted by molar-refractivity contribution is 0.0743. The second kappa shape index (κ2) is 7.66. The van der Waals surface area contributed by atoms with Crippen LogP contribution in [0.25, 0.3) is 0 Å². The maximum atomic E-state index is 13.0. The Morgan fingerprint density at radius 1 is 1.22 bits per heavy atom. The second-order valence-corrected chi connectivity index (χ2v) is 8.31. The fourth-order valence-electron chi connectivity index (χ4n) is 3.09. The molecule has 3 rings (SSSR count). The van der Waals surface area contributed by atoms with E-state index in [0.717, 1.165) is 19.5 Å². The van der Waals surface area contributed by atoms with Crippen molar-refractivity contribution < 1.29 is 17.6 Å². The van der Waals surface area contributed by atoms with Gasteiger partial charge in [0.25, 0.3) is 15.9 Å². The van der Waals surface area contributed by atoms with Crippen molar-refractivity contribution in [3.8, 4) is 0 Å². The zero-order valence-corrected chi connectivity index (χ0v) is 16.0. The Balaban J connectivity index is 1.87. The van der Waals surface area contributed by atoms with Gasteiger partial charge in [0.15, 0.2) is 0 Å². The molecule has 1 saturated heterocycles. The first-order valence-electron chi connectivity index (χ1n) is 8.65. The van der Waals surface area contributed by atoms with Gasteiger partial charge >= 0.3 is 0 Å². The van der Waals surface area contributed by atoms with Crippen molar-refractivity contribution >= 4 is 21.6 Å². The van der Waals surface area contributed by atoms with E-state index in [2.05, 4.69) is 10.0 Å². The molecule has 0 bridgehead atoms. The molecule has 1 unspecified atom stereocenters. The highest BCUT2D eigenvalue weighted by molar-refractivity contribution is 7.92. The van der Waals surface area contributed by atoms with Crippen molar-refractivity contribution in [2.24, 2.45) is 0 Å². The van der Waals surface area contributed by atoms with Gasteiger partial charge in [0, 0.05) is 30.9 Å². The molecule has 0 aromatic heterocycles. The standard InChI is InChI=1S/C19H22FN3O3S/c1-13-3-4-14(19(24)23(2)17-9-10-21-12-17)11-18(13)27(25,26)22-16-7-5-15(20)6-8-16/h3-8,11,17,21-22H,9-10,12H2,1-2H3. The number of sulfonamides is 1. The summed E-state index contributed by atoms with van der Waals surface area (Å²) in [6.45, 7) is 3.25. The van der Waals surface area contributed by atoms with E-state index in [0.29, 0.717) is 11.1 Å². The van der Waals surface area contributed by atoms with Gasteiger partial charge in [-0.25, -0.2) is 12.8 Å². The summed E-state index contributed by atoms with van der Waals surface area (Å²) >= 11 is 0. The van der Waals surface area contributed by atoms with Crippen LogP contribution in [-0.2, 0) is 10.0 Å². The van der Waals surface area contributed by atoms with Gasteiger partial charge in [-0.2, -0.15) is 0 Å². The zero-order chi connectivity index (χ0) is 19.6. The largest absolute Gasteiger partial charge is 0.337 e. The summed E-state index contributed by atoms with van der Waals surface area (Å²) in [5.74, 6) is -0.673. The number of anilines is 1. The Bertz CT molecular complexity index is 939. The molecular weight excluding hydrogens is 369 g/mol. The normalized spacial score (nSPS) is 16.9. The topological polar surface area (TPSA) is 78.5 Å². The minimum Gasteiger partial charge on any atom is -0.337 e. The highest BCUT2D eigenvalue weighted by Crippen LogP contribution is 2.22. The minimum absolute atomic E-state index is 0.0237. The average molecular weight is 391 g/mol. The molecule has 1 heterocycles. The quantitative estimate of drug-likeness (QED) is 0.820. The number of aryl methyl sites for hydroxylation is 1. The molecule has 1 fully saturated rings. The molecule has 0 aliphatic carbocycles. The molecule has 144 valence electrons. The summed E-state index contributed by atoms with van der Waals surface area (Å²) in [5, 5.41) is 3.21. The summed E-state index contributed by atoms with van der Waals surface area (Å²) < 4.78 is 41.0. The van der Waals surface area contributed by atoms with Gasteiger partial charge in [-0.15, -0.1) is 0 Å². The van der Waals surface area contributed by atoms with Crippen LogP contribution in [0.1, 0.15) is 22.3 Å². The van der Waals surface area contributed by atoms with Gasteiger partial charge in [0.1, 0.15) is 5.82 Å². The third-order valence-electron chi connectivity index (χ3n) is 4.72. The summed E-state index contributed by atoms with van der Waals surface area (Å²) in [5.41, 5.74) is 1.09. The predicted molar refractivity (Wildman–Crippen MR) is 102 cm³/mol. The average Bonchev–Trinajstić information content (AvgIpc) is 3.17. The van der Waals surface area contributed by atoms with Gasteiger partial charge in [-0.3, -0.25) is 9.52 Å². The number of carbonyl (C=O) groups excluding carboxylic acids is 1. The molecule has 0 radical (unpaired) electrons. The maximum Gasteiger partial charge on any atom is 0.262 e. The van der Waals surface area contributed by atoms with Crippen LogP contribution in [-0.4, -0.2) is 45.4 Å². The van der Waals surface area contributed by atoms with E-state index in [9.17, 15) is 17.6 Å². The fraction of sp³-hybridized carbons (Fsp3) is 0.316. The van der Waals surface area contributed by atoms with E-state index in [-0.39, 0.29) is 22.5 Å². The summed E-state index contributed by atoms with van der Waals surface area (Å²) in [7, 11) is -2.19. The molecule has 27 heavy (non-hydrogen) atoms. The van der Waals surface area contributed by atoms with Crippen LogP contribution in [0.3, 0.4) is 0 Å². The summed E-state index contributed by atoms with van der Waals surface area (Å²) in [6, 6.07) is 9.78. The van der Waals surface area contributed by atoms with Crippen molar-refractivity contribution in [3.05, 3.63) is 59.4 Å². The molecule has 0 saturated carbocycles. The van der Waals surface area contributed by atoms with Crippen LogP contribution >= 0.6 is 0 Å². The molecule has 1 atom stereocenters. The predicted octanol–water partition coefficient (Wildman–Crippen LogP) is 2.37. The lowest BCUT2D eigenvalue weighted by Crippen LogP contribution is -2.38. The van der Waals surface area contributed by atoms with Crippen molar-refractivity contribution in [1.29, 1.82) is 0 Å². The van der Waals surface area contributed by atoms with E-state index in [1.54, 1.807) is 31.0 Å². The minimum atomic E-state index is -3.91. The monoisotopic (exact) mass is 391 g/mol. The molecule has 2 N–H and O–H groups in total. The number of halogens is 1. The van der Waals surface area contributed by atoms with E-state index < -0.39 is 15.8 Å². The highest BCUT2D eigenvalue weighted by Gasteiger charge is 2.26. The fourth-order valence-corrected chi connectivity index (χ4v) is 4.42. The number of amides is 1. The Morgan fingerprint density at radius 2 is 1.93 bits per heavy atom. The van der Waals surface area contributed by atoms with Gasteiger partial charge < -0.3 is 10.2 Å². The second-order valence-electron chi connectivity index (χ2n) is 6.66. The molecule has 1 aliphatic rings. The zero-order valence-electron chi connectivity index (χ0n) is 15.2. The molecule has 0 spiro atoms. The van der Waals surface area contributed by atoms with Crippen LogP contribution in [0.4, 0.5) is 10.1 Å². The van der Waals surface area contributed by atoms with Crippen molar-refractivity contribution in [3.63, 3.8) is 0 Å². The molecular formula is C19H22FN3O3S. The van der Waals surface area contributed by atoms with E-state index in [1.807, 2.05) is 0 Å². The van der Waals surface area contributed by atoms with Crippen LogP contribution in [0.15, 0.2) is 47.4 Å². The molecule has 2 aromatic carbocycles. The van der Waals surface area contributed by atoms with Gasteiger partial charge in [-0.1, -0.05) is 6.07 Å². The summed E-state index contributed by atoms with van der Waals surface area (Å²) in [4.78, 5) is 14.4. The lowest BCUT2D eigenvalue weighted by atomic mass is 10.1. The van der Waals surface area contributed by atoms with E-state index >= 15 is 0 Å². The van der Waals surface area contributed by atoms with Crippen LogP contribution in [0, 0.1) is 12.7 Å². The van der Waals surface area contributed by atoms with Crippen molar-refractivity contribution in [2.45, 2.75) is 24.3 Å². The van der Waals surface area contributed by atoms with Crippen LogP contribution < -0.4 is 10.0 Å². The Kier molecular flexibility index (Phi) is 5.48. The first-order valence-corrected chi connectivity index (χ1v) is 10.1. The first-order chi connectivity index (χ1) is 12.8.